The Morgan fingerprint density at radius 1 is 1.39 bits per heavy atom. The number of nitrogens with zero attached hydrogens (tertiary/aromatic N) is 3. The number of likely N-dealkylation sites (tertiary alicyclic amines) is 1. The van der Waals surface area contributed by atoms with Gasteiger partial charge in [-0.25, -0.2) is 14.4 Å². The zero-order valence-electron chi connectivity index (χ0n) is 13.0. The number of hydrogen-bond donors (Lipinski definition) is 1. The number of amides is 1. The number of nitrogens with two attached hydrogens (primary N) is 1. The van der Waals surface area contributed by atoms with Gasteiger partial charge in [-0.15, -0.1) is 0 Å². The van der Waals surface area contributed by atoms with Crippen molar-refractivity contribution in [3.63, 3.8) is 0 Å². The lowest BCUT2D eigenvalue weighted by Gasteiger charge is -2.35. The highest BCUT2D eigenvalue weighted by atomic mass is 19.1. The van der Waals surface area contributed by atoms with E-state index in [1.54, 1.807) is 19.2 Å². The molecule has 0 bridgehead atoms. The second-order valence-corrected chi connectivity index (χ2v) is 5.76. The molecule has 120 valence electrons. The fraction of sp³-hybridized carbons (Fsp3) is 0.353. The predicted molar refractivity (Wildman–Crippen MR) is 85.8 cm³/mol. The summed E-state index contributed by atoms with van der Waals surface area (Å²) in [6.45, 7) is 2.26. The van der Waals surface area contributed by atoms with Crippen LogP contribution in [-0.2, 0) is 4.79 Å². The third-order valence-corrected chi connectivity index (χ3v) is 4.20. The number of aromatic nitrogens is 2. The summed E-state index contributed by atoms with van der Waals surface area (Å²) in [5.74, 6) is -0.149. The van der Waals surface area contributed by atoms with Gasteiger partial charge in [0.2, 0.25) is 11.9 Å². The van der Waals surface area contributed by atoms with Crippen LogP contribution in [0, 0.1) is 5.82 Å². The van der Waals surface area contributed by atoms with Gasteiger partial charge < -0.3 is 10.6 Å². The first-order chi connectivity index (χ1) is 11.1. The first-order valence-electron chi connectivity index (χ1n) is 7.72. The van der Waals surface area contributed by atoms with Gasteiger partial charge in [-0.3, -0.25) is 4.79 Å². The maximum absolute atomic E-state index is 13.6. The molecule has 1 aliphatic heterocycles. The molecule has 0 aliphatic carbocycles. The van der Waals surface area contributed by atoms with E-state index in [1.165, 1.54) is 12.1 Å². The number of hydrogen-bond acceptors (Lipinski definition) is 4. The van der Waals surface area contributed by atoms with Crippen LogP contribution < -0.4 is 5.73 Å². The molecule has 1 saturated heterocycles. The molecule has 0 radical (unpaired) electrons. The number of carbonyl (C=O) groups is 1. The highest BCUT2D eigenvalue weighted by Crippen LogP contribution is 2.36. The summed E-state index contributed by atoms with van der Waals surface area (Å²) < 4.78 is 13.6. The van der Waals surface area contributed by atoms with Crippen molar-refractivity contribution >= 4 is 11.9 Å². The number of nitrogen functional groups attached to an aromatic ring is 1. The Hall–Kier alpha value is -2.50. The molecule has 1 aromatic carbocycles. The molecule has 1 fully saturated rings. The molecule has 1 aromatic heterocycles. The summed E-state index contributed by atoms with van der Waals surface area (Å²) in [5, 5.41) is 0. The van der Waals surface area contributed by atoms with Crippen molar-refractivity contribution in [2.75, 3.05) is 12.3 Å². The van der Waals surface area contributed by atoms with Crippen LogP contribution >= 0.6 is 0 Å². The molecule has 0 spiro atoms. The minimum Gasteiger partial charge on any atom is -0.368 e. The number of piperidine rings is 1. The molecular weight excluding hydrogens is 295 g/mol. The first kappa shape index (κ1) is 15.4. The van der Waals surface area contributed by atoms with Crippen molar-refractivity contribution in [2.45, 2.75) is 32.2 Å². The van der Waals surface area contributed by atoms with Crippen LogP contribution in [-0.4, -0.2) is 27.3 Å². The minimum absolute atomic E-state index is 0.0112. The molecule has 2 aromatic rings. The van der Waals surface area contributed by atoms with Gasteiger partial charge in [0.1, 0.15) is 5.82 Å². The smallest absolute Gasteiger partial charge is 0.220 e. The van der Waals surface area contributed by atoms with E-state index < -0.39 is 0 Å². The fourth-order valence-electron chi connectivity index (χ4n) is 3.13. The fourth-order valence-corrected chi connectivity index (χ4v) is 3.13. The molecule has 0 saturated carbocycles. The van der Waals surface area contributed by atoms with Crippen LogP contribution in [0.4, 0.5) is 10.3 Å². The van der Waals surface area contributed by atoms with E-state index in [2.05, 4.69) is 9.97 Å². The topological polar surface area (TPSA) is 72.1 Å². The zero-order chi connectivity index (χ0) is 16.4. The SMILES string of the molecule is CC(=O)N1CCCC[C@H]1c1nc(N)ncc1-c1cccc(F)c1. The zero-order valence-corrected chi connectivity index (χ0v) is 13.0. The summed E-state index contributed by atoms with van der Waals surface area (Å²) in [7, 11) is 0. The summed E-state index contributed by atoms with van der Waals surface area (Å²) in [4.78, 5) is 22.2. The maximum atomic E-state index is 13.6. The van der Waals surface area contributed by atoms with Crippen molar-refractivity contribution in [3.8, 4) is 11.1 Å². The van der Waals surface area contributed by atoms with Gasteiger partial charge in [0, 0.05) is 25.2 Å². The van der Waals surface area contributed by atoms with Crippen molar-refractivity contribution in [1.82, 2.24) is 14.9 Å². The predicted octanol–water partition coefficient (Wildman–Crippen LogP) is 2.94. The van der Waals surface area contributed by atoms with Crippen molar-refractivity contribution in [2.24, 2.45) is 0 Å². The summed E-state index contributed by atoms with van der Waals surface area (Å²) in [5.41, 5.74) is 7.86. The minimum atomic E-state index is -0.322. The highest BCUT2D eigenvalue weighted by Gasteiger charge is 2.29. The molecular formula is C17H19FN4O. The van der Waals surface area contributed by atoms with Gasteiger partial charge in [-0.05, 0) is 37.0 Å². The van der Waals surface area contributed by atoms with Gasteiger partial charge in [-0.1, -0.05) is 12.1 Å². The first-order valence-corrected chi connectivity index (χ1v) is 7.72. The molecule has 0 unspecified atom stereocenters. The Kier molecular flexibility index (Phi) is 4.23. The van der Waals surface area contributed by atoms with E-state index in [-0.39, 0.29) is 23.7 Å². The Morgan fingerprint density at radius 2 is 2.22 bits per heavy atom. The standard InChI is InChI=1S/C17H19FN4O/c1-11(23)22-8-3-2-7-15(22)16-14(10-20-17(19)21-16)12-5-4-6-13(18)9-12/h4-6,9-10,15H,2-3,7-8H2,1H3,(H2,19,20,21)/t15-/m0/s1. The molecule has 1 amide bonds. The summed E-state index contributed by atoms with van der Waals surface area (Å²) >= 11 is 0. The van der Waals surface area contributed by atoms with E-state index in [1.807, 2.05) is 11.0 Å². The van der Waals surface area contributed by atoms with Gasteiger partial charge in [0.05, 0.1) is 11.7 Å². The van der Waals surface area contributed by atoms with Crippen molar-refractivity contribution in [3.05, 3.63) is 42.0 Å². The maximum Gasteiger partial charge on any atom is 0.220 e. The molecule has 2 N–H and O–H groups in total. The van der Waals surface area contributed by atoms with E-state index in [0.717, 1.165) is 24.8 Å². The Morgan fingerprint density at radius 3 is 2.96 bits per heavy atom. The average molecular weight is 314 g/mol. The van der Waals surface area contributed by atoms with E-state index >= 15 is 0 Å². The Bertz CT molecular complexity index is 734. The van der Waals surface area contributed by atoms with Crippen LogP contribution in [0.15, 0.2) is 30.5 Å². The molecule has 23 heavy (non-hydrogen) atoms. The number of halogens is 1. The lowest BCUT2D eigenvalue weighted by molar-refractivity contribution is -0.132. The van der Waals surface area contributed by atoms with Crippen LogP contribution in [0.3, 0.4) is 0 Å². The molecule has 6 heteroatoms. The molecule has 1 atom stereocenters. The third-order valence-electron chi connectivity index (χ3n) is 4.20. The average Bonchev–Trinajstić information content (AvgIpc) is 2.54. The van der Waals surface area contributed by atoms with Gasteiger partial charge in [0.25, 0.3) is 0 Å². The van der Waals surface area contributed by atoms with Crippen LogP contribution in [0.2, 0.25) is 0 Å². The quantitative estimate of drug-likeness (QED) is 0.925. The lowest BCUT2D eigenvalue weighted by Crippen LogP contribution is -2.37. The molecule has 5 nitrogen and oxygen atoms in total. The van der Waals surface area contributed by atoms with Crippen LogP contribution in [0.5, 0.6) is 0 Å². The van der Waals surface area contributed by atoms with Crippen molar-refractivity contribution in [1.29, 1.82) is 0 Å². The van der Waals surface area contributed by atoms with E-state index in [9.17, 15) is 9.18 Å². The van der Waals surface area contributed by atoms with Gasteiger partial charge in [-0.2, -0.15) is 0 Å². The van der Waals surface area contributed by atoms with Crippen LogP contribution in [0.1, 0.15) is 37.9 Å². The Balaban J connectivity index is 2.10. The number of carbonyl (C=O) groups excluding carboxylic acids is 1. The number of benzene rings is 1. The Labute approximate surface area is 134 Å². The second-order valence-electron chi connectivity index (χ2n) is 5.76. The van der Waals surface area contributed by atoms with Gasteiger partial charge >= 0.3 is 0 Å². The normalized spacial score (nSPS) is 18.0. The summed E-state index contributed by atoms with van der Waals surface area (Å²) in [6.07, 6.45) is 4.42. The third kappa shape index (κ3) is 3.16. The lowest BCUT2D eigenvalue weighted by atomic mass is 9.94. The molecule has 2 heterocycles. The van der Waals surface area contributed by atoms with Crippen molar-refractivity contribution < 1.29 is 9.18 Å². The monoisotopic (exact) mass is 314 g/mol. The van der Waals surface area contributed by atoms with E-state index in [4.69, 9.17) is 5.73 Å². The molecule has 3 rings (SSSR count). The summed E-state index contributed by atoms with van der Waals surface area (Å²) in [6, 6.07) is 6.14. The molecule has 1 aliphatic rings. The second kappa shape index (κ2) is 6.32. The van der Waals surface area contributed by atoms with E-state index in [0.29, 0.717) is 17.8 Å². The largest absolute Gasteiger partial charge is 0.368 e. The highest BCUT2D eigenvalue weighted by molar-refractivity contribution is 5.75. The number of anilines is 1. The van der Waals surface area contributed by atoms with Gasteiger partial charge in [0.15, 0.2) is 0 Å². The van der Waals surface area contributed by atoms with Crippen LogP contribution in [0.25, 0.3) is 11.1 Å². The number of rotatable bonds is 2.